The molecule has 0 radical (unpaired) electrons. The van der Waals surface area contributed by atoms with Gasteiger partial charge in [-0.05, 0) is 110 Å². The molecule has 0 amide bonds. The van der Waals surface area contributed by atoms with Crippen molar-refractivity contribution in [3.05, 3.63) is 82.9 Å². The van der Waals surface area contributed by atoms with E-state index in [0.717, 1.165) is 0 Å². The van der Waals surface area contributed by atoms with Crippen LogP contribution in [-0.2, 0) is 0 Å². The van der Waals surface area contributed by atoms with Crippen molar-refractivity contribution in [1.82, 2.24) is 0 Å². The number of hydrogen-bond donors (Lipinski definition) is 0. The minimum atomic E-state index is 0.333. The summed E-state index contributed by atoms with van der Waals surface area (Å²) in [7, 11) is 0. The van der Waals surface area contributed by atoms with Crippen molar-refractivity contribution in [1.29, 1.82) is 21.0 Å². The smallest absolute Gasteiger partial charge is 0.161 e. The van der Waals surface area contributed by atoms with Crippen LogP contribution in [0.2, 0.25) is 0 Å². The summed E-state index contributed by atoms with van der Waals surface area (Å²) in [4.78, 5) is 0. The second kappa shape index (κ2) is 13.6. The Hall–Kier alpha value is -6.22. The fraction of sp³-hybridized carbons (Fsp3) is 0.211. The minimum Gasteiger partial charge on any atom is -0.490 e. The molecule has 0 spiro atoms. The number of nitriles is 4. The third kappa shape index (κ3) is 5.81. The van der Waals surface area contributed by atoms with Gasteiger partial charge < -0.3 is 18.9 Å². The molecule has 0 unspecified atom stereocenters. The summed E-state index contributed by atoms with van der Waals surface area (Å²) in [5.41, 5.74) is 1.33. The van der Waals surface area contributed by atoms with Gasteiger partial charge in [-0.3, -0.25) is 0 Å². The lowest BCUT2D eigenvalue weighted by molar-refractivity contribution is 0.288. The zero-order valence-corrected chi connectivity index (χ0v) is 26.0. The second-order valence-corrected chi connectivity index (χ2v) is 10.2. The molecule has 0 N–H and O–H groups in total. The zero-order chi connectivity index (χ0) is 32.8. The van der Waals surface area contributed by atoms with Gasteiger partial charge in [0.15, 0.2) is 23.0 Å². The van der Waals surface area contributed by atoms with Crippen molar-refractivity contribution in [3.63, 3.8) is 0 Å². The lowest BCUT2D eigenvalue weighted by Crippen LogP contribution is -1.99. The molecule has 0 aliphatic heterocycles. The highest BCUT2D eigenvalue weighted by atomic mass is 16.5. The molecule has 0 atom stereocenters. The molecule has 226 valence electrons. The van der Waals surface area contributed by atoms with E-state index in [-0.39, 0.29) is 0 Å². The van der Waals surface area contributed by atoms with Crippen LogP contribution in [0.25, 0.3) is 43.1 Å². The van der Waals surface area contributed by atoms with E-state index in [4.69, 9.17) is 18.9 Å². The quantitative estimate of drug-likeness (QED) is 0.172. The average Bonchev–Trinajstić information content (AvgIpc) is 3.05. The zero-order valence-electron chi connectivity index (χ0n) is 26.0. The first kappa shape index (κ1) is 31.2. The van der Waals surface area contributed by atoms with Crippen LogP contribution >= 0.6 is 0 Å². The summed E-state index contributed by atoms with van der Waals surface area (Å²) < 4.78 is 23.3. The molecule has 0 heterocycles. The number of rotatable bonds is 8. The molecule has 0 aromatic heterocycles. The molecule has 46 heavy (non-hydrogen) atoms. The Morgan fingerprint density at radius 1 is 0.370 bits per heavy atom. The largest absolute Gasteiger partial charge is 0.490 e. The van der Waals surface area contributed by atoms with Crippen molar-refractivity contribution in [3.8, 4) is 47.3 Å². The van der Waals surface area contributed by atoms with E-state index in [9.17, 15) is 21.0 Å². The first-order valence-electron chi connectivity index (χ1n) is 15.0. The van der Waals surface area contributed by atoms with Crippen LogP contribution < -0.4 is 18.9 Å². The predicted octanol–water partition coefficient (Wildman–Crippen LogP) is 8.51. The molecule has 5 aromatic carbocycles. The molecule has 5 aromatic rings. The Morgan fingerprint density at radius 2 is 0.587 bits per heavy atom. The Labute approximate surface area is 267 Å². The molecule has 0 saturated heterocycles. The maximum Gasteiger partial charge on any atom is 0.161 e. The van der Waals surface area contributed by atoms with Crippen LogP contribution in [0.5, 0.6) is 23.0 Å². The minimum absolute atomic E-state index is 0.333. The van der Waals surface area contributed by atoms with Gasteiger partial charge in [0.05, 0.1) is 73.0 Å². The van der Waals surface area contributed by atoms with Crippen molar-refractivity contribution in [2.45, 2.75) is 27.7 Å². The Morgan fingerprint density at radius 3 is 0.761 bits per heavy atom. The van der Waals surface area contributed by atoms with E-state index in [1.165, 1.54) is 0 Å². The number of fused-ring (bicyclic) bond motifs is 4. The number of nitrogens with zero attached hydrogens (tertiary/aromatic N) is 4. The Balaban J connectivity index is 1.96. The lowest BCUT2D eigenvalue weighted by atomic mass is 9.95. The van der Waals surface area contributed by atoms with Crippen LogP contribution in [0.15, 0.2) is 60.7 Å². The molecular formula is C38H30N4O4. The third-order valence-corrected chi connectivity index (χ3v) is 7.50. The van der Waals surface area contributed by atoms with Gasteiger partial charge in [0.25, 0.3) is 0 Å². The first-order chi connectivity index (χ1) is 22.4. The van der Waals surface area contributed by atoms with Crippen molar-refractivity contribution in [2.24, 2.45) is 0 Å². The maximum atomic E-state index is 10.3. The standard InChI is InChI=1S/C38H30N4O4/c1-5-43-35-15-31-27(19-39)11-23-9-25-13-29(21-41)33-17-37(45-7-3)38(46-8-4)18-34(33)30(22-42)14-26(25)10-24(23)12-28(20-40)32(31)16-36(35)44-6-2/h9-18H,5-8H2,1-4H3. The van der Waals surface area contributed by atoms with Gasteiger partial charge >= 0.3 is 0 Å². The maximum absolute atomic E-state index is 10.3. The van der Waals surface area contributed by atoms with Crippen LogP contribution in [0.4, 0.5) is 0 Å². The molecule has 0 aliphatic carbocycles. The van der Waals surface area contributed by atoms with Crippen molar-refractivity contribution < 1.29 is 18.9 Å². The summed E-state index contributed by atoms with van der Waals surface area (Å²) in [6.45, 7) is 9.04. The monoisotopic (exact) mass is 606 g/mol. The molecule has 0 saturated carbocycles. The second-order valence-electron chi connectivity index (χ2n) is 10.2. The molecule has 0 bridgehead atoms. The molecule has 8 nitrogen and oxygen atoms in total. The Bertz CT molecular complexity index is 1950. The number of ether oxygens (including phenoxy) is 4. The summed E-state index contributed by atoms with van der Waals surface area (Å²) in [6, 6.07) is 26.9. The summed E-state index contributed by atoms with van der Waals surface area (Å²) in [5.74, 6) is 1.92. The van der Waals surface area contributed by atoms with Gasteiger partial charge in [0.1, 0.15) is 0 Å². The topological polar surface area (TPSA) is 132 Å². The average molecular weight is 607 g/mol. The molecule has 0 aliphatic rings. The fourth-order valence-corrected chi connectivity index (χ4v) is 5.56. The lowest BCUT2D eigenvalue weighted by Gasteiger charge is -2.14. The molecular weight excluding hydrogens is 576 g/mol. The SMILES string of the molecule is CCOc1cc2c(C#N)cc3cc4cc(C#N)c5cc(OCC)c(OCC)cc5c(C#N)cc4cc3cc(C#N)c2cc1OCC. The van der Waals surface area contributed by atoms with Gasteiger partial charge in [-0.2, -0.15) is 21.0 Å². The van der Waals surface area contributed by atoms with Crippen LogP contribution in [0, 0.1) is 45.3 Å². The van der Waals surface area contributed by atoms with Gasteiger partial charge in [0.2, 0.25) is 0 Å². The number of benzene rings is 3. The molecule has 8 heteroatoms. The van der Waals surface area contributed by atoms with Gasteiger partial charge in [-0.25, -0.2) is 0 Å². The van der Waals surface area contributed by atoms with Crippen LogP contribution in [0.1, 0.15) is 49.9 Å². The van der Waals surface area contributed by atoms with E-state index in [0.29, 0.717) is 115 Å². The van der Waals surface area contributed by atoms with E-state index in [1.54, 1.807) is 48.5 Å². The van der Waals surface area contributed by atoms with Gasteiger partial charge in [-0.1, -0.05) is 0 Å². The van der Waals surface area contributed by atoms with Gasteiger partial charge in [-0.15, -0.1) is 0 Å². The van der Waals surface area contributed by atoms with E-state index in [2.05, 4.69) is 24.3 Å². The first-order valence-corrected chi connectivity index (χ1v) is 15.0. The molecule has 5 rings (SSSR count). The van der Waals surface area contributed by atoms with Crippen molar-refractivity contribution >= 4 is 43.1 Å². The Kier molecular flexibility index (Phi) is 9.23. The summed E-state index contributed by atoms with van der Waals surface area (Å²) in [6.07, 6.45) is 0. The summed E-state index contributed by atoms with van der Waals surface area (Å²) >= 11 is 0. The highest BCUT2D eigenvalue weighted by Crippen LogP contribution is 2.38. The highest BCUT2D eigenvalue weighted by molar-refractivity contribution is 6.05. The van der Waals surface area contributed by atoms with Crippen molar-refractivity contribution in [2.75, 3.05) is 26.4 Å². The normalized spacial score (nSPS) is 10.4. The third-order valence-electron chi connectivity index (χ3n) is 7.50. The summed E-state index contributed by atoms with van der Waals surface area (Å²) in [5, 5.41) is 46.2. The van der Waals surface area contributed by atoms with Crippen LogP contribution in [0.3, 0.4) is 0 Å². The predicted molar refractivity (Wildman–Crippen MR) is 178 cm³/mol. The fourth-order valence-electron chi connectivity index (χ4n) is 5.56. The van der Waals surface area contributed by atoms with Crippen LogP contribution in [-0.4, -0.2) is 26.4 Å². The number of hydrogen-bond acceptors (Lipinski definition) is 8. The van der Waals surface area contributed by atoms with Gasteiger partial charge in [0, 0.05) is 21.5 Å². The van der Waals surface area contributed by atoms with E-state index >= 15 is 0 Å². The molecule has 0 fully saturated rings. The highest BCUT2D eigenvalue weighted by Gasteiger charge is 2.15. The van der Waals surface area contributed by atoms with E-state index in [1.807, 2.05) is 39.8 Å². The van der Waals surface area contributed by atoms with E-state index < -0.39 is 0 Å².